The van der Waals surface area contributed by atoms with Crippen LogP contribution >= 0.6 is 0 Å². The smallest absolute Gasteiger partial charge is 0.279 e. The maximum absolute atomic E-state index is 11.4. The Kier molecular flexibility index (Phi) is 4.80. The Labute approximate surface area is 133 Å². The number of nitro benzene ring substituents is 1. The van der Waals surface area contributed by atoms with Gasteiger partial charge in [-0.15, -0.1) is 0 Å². The van der Waals surface area contributed by atoms with Gasteiger partial charge in [0.2, 0.25) is 5.91 Å². The molecule has 0 aromatic heterocycles. The van der Waals surface area contributed by atoms with Gasteiger partial charge in [0, 0.05) is 24.7 Å². The van der Waals surface area contributed by atoms with Crippen LogP contribution in [0.5, 0.6) is 11.5 Å². The van der Waals surface area contributed by atoms with Crippen LogP contribution in [0, 0.1) is 10.1 Å². The average Bonchev–Trinajstić information content (AvgIpc) is 2.53. The van der Waals surface area contributed by atoms with Crippen molar-refractivity contribution in [2.45, 2.75) is 6.92 Å². The van der Waals surface area contributed by atoms with E-state index in [9.17, 15) is 14.9 Å². The van der Waals surface area contributed by atoms with Crippen molar-refractivity contribution in [1.82, 2.24) is 0 Å². The van der Waals surface area contributed by atoms with Gasteiger partial charge in [0.25, 0.3) is 5.69 Å². The molecule has 0 saturated carbocycles. The highest BCUT2D eigenvalue weighted by Crippen LogP contribution is 2.36. The zero-order valence-electron chi connectivity index (χ0n) is 13.0. The summed E-state index contributed by atoms with van der Waals surface area (Å²) in [5.41, 5.74) is 1.23. The molecule has 0 fully saturated rings. The quantitative estimate of drug-likeness (QED) is 0.675. The molecule has 0 aliphatic carbocycles. The first-order valence-corrected chi connectivity index (χ1v) is 6.74. The molecule has 1 amide bonds. The zero-order chi connectivity index (χ0) is 17.0. The molecule has 0 spiro atoms. The number of hydrogen-bond donors (Lipinski definition) is 1. The van der Waals surface area contributed by atoms with Gasteiger partial charge in [0.05, 0.1) is 24.7 Å². The summed E-state index contributed by atoms with van der Waals surface area (Å²) in [7, 11) is 3.01. The molecule has 0 radical (unpaired) electrons. The van der Waals surface area contributed by atoms with Crippen molar-refractivity contribution in [3.63, 3.8) is 0 Å². The van der Waals surface area contributed by atoms with Crippen LogP contribution in [-0.4, -0.2) is 25.1 Å². The van der Waals surface area contributed by atoms with Gasteiger partial charge in [0.1, 0.15) is 11.5 Å². The Hall–Kier alpha value is -3.09. The molecule has 2 rings (SSSR count). The first kappa shape index (κ1) is 16.3. The van der Waals surface area contributed by atoms with Crippen LogP contribution in [0.1, 0.15) is 6.92 Å². The fourth-order valence-electron chi connectivity index (χ4n) is 2.17. The third kappa shape index (κ3) is 3.76. The SMILES string of the molecule is COc1cc(OC)cc(-c2ccc(NC(C)=O)cc2[N+](=O)[O-])c1. The number of methoxy groups -OCH3 is 2. The van der Waals surface area contributed by atoms with Crippen molar-refractivity contribution in [2.75, 3.05) is 19.5 Å². The molecule has 0 unspecified atom stereocenters. The lowest BCUT2D eigenvalue weighted by molar-refractivity contribution is -0.384. The van der Waals surface area contributed by atoms with E-state index in [-0.39, 0.29) is 11.6 Å². The highest BCUT2D eigenvalue weighted by molar-refractivity contribution is 5.90. The van der Waals surface area contributed by atoms with E-state index in [0.29, 0.717) is 28.3 Å². The number of nitrogens with one attached hydrogen (secondary N) is 1. The van der Waals surface area contributed by atoms with Gasteiger partial charge in [-0.25, -0.2) is 0 Å². The molecule has 23 heavy (non-hydrogen) atoms. The predicted octanol–water partition coefficient (Wildman–Crippen LogP) is 3.24. The highest BCUT2D eigenvalue weighted by Gasteiger charge is 2.18. The largest absolute Gasteiger partial charge is 0.497 e. The molecule has 7 nitrogen and oxygen atoms in total. The molecule has 120 valence electrons. The van der Waals surface area contributed by atoms with Crippen LogP contribution in [0.2, 0.25) is 0 Å². The van der Waals surface area contributed by atoms with Gasteiger partial charge in [0.15, 0.2) is 0 Å². The summed E-state index contributed by atoms with van der Waals surface area (Å²) in [4.78, 5) is 22.0. The van der Waals surface area contributed by atoms with Gasteiger partial charge in [-0.3, -0.25) is 14.9 Å². The minimum absolute atomic E-state index is 0.119. The molecule has 0 aliphatic heterocycles. The number of hydrogen-bond acceptors (Lipinski definition) is 5. The molecule has 0 heterocycles. The first-order chi connectivity index (χ1) is 10.9. The molecule has 1 N–H and O–H groups in total. The average molecular weight is 316 g/mol. The summed E-state index contributed by atoms with van der Waals surface area (Å²) in [6, 6.07) is 9.56. The lowest BCUT2D eigenvalue weighted by Gasteiger charge is -2.10. The molecule has 2 aromatic rings. The summed E-state index contributed by atoms with van der Waals surface area (Å²) in [6.07, 6.45) is 0. The lowest BCUT2D eigenvalue weighted by atomic mass is 10.0. The number of carbonyl (C=O) groups is 1. The van der Waals surface area contributed by atoms with E-state index >= 15 is 0 Å². The summed E-state index contributed by atoms with van der Waals surface area (Å²) < 4.78 is 10.4. The fraction of sp³-hybridized carbons (Fsp3) is 0.188. The molecular formula is C16H16N2O5. The van der Waals surface area contributed by atoms with E-state index in [2.05, 4.69) is 5.32 Å². The van der Waals surface area contributed by atoms with Gasteiger partial charge in [-0.1, -0.05) is 0 Å². The topological polar surface area (TPSA) is 90.7 Å². The maximum Gasteiger partial charge on any atom is 0.279 e. The third-order valence-corrected chi connectivity index (χ3v) is 3.18. The van der Waals surface area contributed by atoms with Crippen LogP contribution in [0.4, 0.5) is 11.4 Å². The third-order valence-electron chi connectivity index (χ3n) is 3.18. The zero-order valence-corrected chi connectivity index (χ0v) is 13.0. The normalized spacial score (nSPS) is 10.0. The molecule has 0 aliphatic rings. The first-order valence-electron chi connectivity index (χ1n) is 6.74. The summed E-state index contributed by atoms with van der Waals surface area (Å²) in [5.74, 6) is 0.759. The number of benzene rings is 2. The summed E-state index contributed by atoms with van der Waals surface area (Å²) in [6.45, 7) is 1.34. The second kappa shape index (κ2) is 6.78. The monoisotopic (exact) mass is 316 g/mol. The lowest BCUT2D eigenvalue weighted by Crippen LogP contribution is -2.06. The minimum Gasteiger partial charge on any atom is -0.497 e. The van der Waals surface area contributed by atoms with E-state index < -0.39 is 4.92 Å². The molecular weight excluding hydrogens is 300 g/mol. The molecule has 2 aromatic carbocycles. The van der Waals surface area contributed by atoms with Crippen LogP contribution in [0.3, 0.4) is 0 Å². The molecule has 7 heteroatoms. The number of nitrogens with zero attached hydrogens (tertiary/aromatic N) is 1. The summed E-state index contributed by atoms with van der Waals surface area (Å²) in [5, 5.41) is 13.9. The Balaban J connectivity index is 2.58. The molecule has 0 saturated heterocycles. The van der Waals surface area contributed by atoms with E-state index in [1.54, 1.807) is 30.3 Å². The van der Waals surface area contributed by atoms with E-state index in [4.69, 9.17) is 9.47 Å². The van der Waals surface area contributed by atoms with Gasteiger partial charge >= 0.3 is 0 Å². The maximum atomic E-state index is 11.4. The Morgan fingerprint density at radius 1 is 1.09 bits per heavy atom. The Bertz CT molecular complexity index is 736. The predicted molar refractivity (Wildman–Crippen MR) is 85.9 cm³/mol. The van der Waals surface area contributed by atoms with Crippen LogP contribution in [0.25, 0.3) is 11.1 Å². The Morgan fingerprint density at radius 2 is 1.70 bits per heavy atom. The van der Waals surface area contributed by atoms with Crippen molar-refractivity contribution >= 4 is 17.3 Å². The van der Waals surface area contributed by atoms with Crippen molar-refractivity contribution < 1.29 is 19.2 Å². The second-order valence-corrected chi connectivity index (χ2v) is 4.77. The van der Waals surface area contributed by atoms with Gasteiger partial charge < -0.3 is 14.8 Å². The number of carbonyl (C=O) groups excluding carboxylic acids is 1. The highest BCUT2D eigenvalue weighted by atomic mass is 16.6. The number of ether oxygens (including phenoxy) is 2. The summed E-state index contributed by atoms with van der Waals surface area (Å²) >= 11 is 0. The fourth-order valence-corrected chi connectivity index (χ4v) is 2.17. The van der Waals surface area contributed by atoms with E-state index in [0.717, 1.165) is 0 Å². The van der Waals surface area contributed by atoms with Crippen molar-refractivity contribution in [1.29, 1.82) is 0 Å². The van der Waals surface area contributed by atoms with E-state index in [1.165, 1.54) is 27.2 Å². The number of rotatable bonds is 5. The minimum atomic E-state index is -0.493. The van der Waals surface area contributed by atoms with Gasteiger partial charge in [-0.2, -0.15) is 0 Å². The van der Waals surface area contributed by atoms with Gasteiger partial charge in [-0.05, 0) is 29.8 Å². The van der Waals surface area contributed by atoms with Crippen molar-refractivity contribution in [2.24, 2.45) is 0 Å². The van der Waals surface area contributed by atoms with Crippen molar-refractivity contribution in [3.05, 3.63) is 46.5 Å². The molecule has 0 bridgehead atoms. The molecule has 0 atom stereocenters. The van der Waals surface area contributed by atoms with Crippen LogP contribution < -0.4 is 14.8 Å². The van der Waals surface area contributed by atoms with E-state index in [1.807, 2.05) is 0 Å². The second-order valence-electron chi connectivity index (χ2n) is 4.77. The van der Waals surface area contributed by atoms with Crippen LogP contribution in [0.15, 0.2) is 36.4 Å². The van der Waals surface area contributed by atoms with Crippen LogP contribution in [-0.2, 0) is 4.79 Å². The van der Waals surface area contributed by atoms with Crippen molar-refractivity contribution in [3.8, 4) is 22.6 Å². The number of nitro groups is 1. The number of amides is 1. The Morgan fingerprint density at radius 3 is 2.17 bits per heavy atom. The standard InChI is InChI=1S/C16H16N2O5/c1-10(19)17-12-4-5-15(16(8-12)18(20)21)11-6-13(22-2)9-14(7-11)23-3/h4-9H,1-3H3,(H,17,19). The number of anilines is 1.